The Morgan fingerprint density at radius 3 is 0.710 bits per heavy atom. The van der Waals surface area contributed by atoms with Crippen LogP contribution in [0.25, 0.3) is 0 Å². The van der Waals surface area contributed by atoms with E-state index in [1.54, 1.807) is 0 Å². The molecule has 0 aromatic heterocycles. The molecule has 0 aliphatic carbocycles. The second kappa shape index (κ2) is 79.3. The van der Waals surface area contributed by atoms with Gasteiger partial charge in [-0.3, -0.25) is 37.3 Å². The van der Waals surface area contributed by atoms with Crippen LogP contribution >= 0.6 is 15.6 Å². The Balaban J connectivity index is 5.21. The van der Waals surface area contributed by atoms with Crippen molar-refractivity contribution in [2.75, 3.05) is 39.6 Å². The number of carbonyl (C=O) groups excluding carboxylic acids is 4. The fourth-order valence-electron chi connectivity index (χ4n) is 13.7. The molecule has 0 saturated carbocycles. The number of rotatable bonds is 87. The van der Waals surface area contributed by atoms with E-state index < -0.39 is 97.5 Å². The van der Waals surface area contributed by atoms with E-state index in [1.165, 1.54) is 289 Å². The molecule has 0 aromatic carbocycles. The number of phosphoric ester groups is 2. The maximum absolute atomic E-state index is 13.2. The predicted octanol–water partition coefficient (Wildman–Crippen LogP) is 27.0. The molecule has 0 heterocycles. The van der Waals surface area contributed by atoms with Crippen LogP contribution in [-0.2, 0) is 65.4 Å². The van der Waals surface area contributed by atoms with E-state index in [0.29, 0.717) is 25.7 Å². The van der Waals surface area contributed by atoms with Crippen LogP contribution in [-0.4, -0.2) is 96.7 Å². The van der Waals surface area contributed by atoms with Gasteiger partial charge in [-0.25, -0.2) is 9.13 Å². The summed E-state index contributed by atoms with van der Waals surface area (Å²) >= 11 is 0. The number of hydrogen-bond acceptors (Lipinski definition) is 15. The van der Waals surface area contributed by atoms with Crippen LogP contribution in [0.2, 0.25) is 0 Å². The Morgan fingerprint density at radius 1 is 0.271 bits per heavy atom. The molecule has 0 radical (unpaired) electrons. The molecule has 0 amide bonds. The molecule has 17 nitrogen and oxygen atoms in total. The number of unbranched alkanes of at least 4 members (excludes halogenated alkanes) is 56. The van der Waals surface area contributed by atoms with E-state index in [0.717, 1.165) is 102 Å². The molecule has 19 heteroatoms. The summed E-state index contributed by atoms with van der Waals surface area (Å²) in [6.07, 6.45) is 72.1. The van der Waals surface area contributed by atoms with Gasteiger partial charge in [-0.1, -0.05) is 420 Å². The van der Waals surface area contributed by atoms with Crippen molar-refractivity contribution in [3.63, 3.8) is 0 Å². The van der Waals surface area contributed by atoms with Crippen LogP contribution < -0.4 is 0 Å². The number of esters is 4. The number of carbonyl (C=O) groups is 4. The van der Waals surface area contributed by atoms with E-state index >= 15 is 0 Å². The lowest BCUT2D eigenvalue weighted by atomic mass is 9.99. The zero-order valence-electron chi connectivity index (χ0n) is 70.5. The highest BCUT2D eigenvalue weighted by molar-refractivity contribution is 7.47. The van der Waals surface area contributed by atoms with Crippen LogP contribution in [0.1, 0.15) is 472 Å². The molecule has 636 valence electrons. The minimum atomic E-state index is -4.97. The standard InChI is InChI=1S/C88H172O17P2/c1-7-10-12-14-16-18-20-40-46-52-58-64-70-85(90)98-76-83(104-87(92)72-66-60-54-48-41-21-19-17-15-13-11-8-2)78-102-106(94,95)100-74-82(89)75-101-107(96,97)103-79-84(77-99-86(91)71-65-59-53-47-42-36-32-28-24-22-26-30-34-38-44-50-56-62-68-80(4)5)105-88(93)73-67-61-55-49-43-37-33-29-25-23-27-31-35-39-45-51-57-63-69-81(6)9-3/h80-84,89H,7-79H2,1-6H3,(H,94,95)(H,96,97)/t81?,82-,83+,84+/m0/s1. The van der Waals surface area contributed by atoms with Gasteiger partial charge in [0, 0.05) is 25.7 Å². The van der Waals surface area contributed by atoms with Gasteiger partial charge in [0.15, 0.2) is 12.2 Å². The first-order valence-electron chi connectivity index (χ1n) is 45.5. The highest BCUT2D eigenvalue weighted by atomic mass is 31.2. The van der Waals surface area contributed by atoms with Crippen LogP contribution in [0.3, 0.4) is 0 Å². The SMILES string of the molecule is CCCCCCCCCCCCCCC(=O)OC[C@H](COP(=O)(O)OC[C@H](O)COP(=O)(O)OC[C@@H](COC(=O)CCCCCCCCCCCCCCCCCCCCC(C)C)OC(=O)CCCCCCCCCCCCCCCCCCCCC(C)CC)OC(=O)CCCCCCCCCCCCCC. The quantitative estimate of drug-likeness (QED) is 0.0222. The second-order valence-corrected chi connectivity index (χ2v) is 35.3. The summed E-state index contributed by atoms with van der Waals surface area (Å²) in [5.74, 6) is -0.404. The third kappa shape index (κ3) is 80.5. The highest BCUT2D eigenvalue weighted by Crippen LogP contribution is 2.45. The number of aliphatic hydroxyl groups excluding tert-OH is 1. The van der Waals surface area contributed by atoms with Crippen molar-refractivity contribution < 1.29 is 80.2 Å². The fraction of sp³-hybridized carbons (Fsp3) is 0.955. The first kappa shape index (κ1) is 105. The van der Waals surface area contributed by atoms with Gasteiger partial charge < -0.3 is 33.8 Å². The van der Waals surface area contributed by atoms with Gasteiger partial charge in [-0.15, -0.1) is 0 Å². The summed E-state index contributed by atoms with van der Waals surface area (Å²) in [5, 5.41) is 10.7. The van der Waals surface area contributed by atoms with Crippen molar-refractivity contribution in [2.24, 2.45) is 11.8 Å². The van der Waals surface area contributed by atoms with E-state index in [1.807, 2.05) is 0 Å². The molecule has 3 unspecified atom stereocenters. The van der Waals surface area contributed by atoms with Crippen LogP contribution in [0.4, 0.5) is 0 Å². The van der Waals surface area contributed by atoms with Gasteiger partial charge in [0.05, 0.1) is 26.4 Å². The number of phosphoric acid groups is 2. The Labute approximate surface area is 658 Å². The predicted molar refractivity (Wildman–Crippen MR) is 442 cm³/mol. The second-order valence-electron chi connectivity index (χ2n) is 32.4. The maximum Gasteiger partial charge on any atom is 0.472 e. The van der Waals surface area contributed by atoms with E-state index in [9.17, 15) is 43.2 Å². The van der Waals surface area contributed by atoms with Crippen LogP contribution in [0.15, 0.2) is 0 Å². The molecule has 6 atom stereocenters. The molecule has 107 heavy (non-hydrogen) atoms. The fourth-order valence-corrected chi connectivity index (χ4v) is 15.3. The highest BCUT2D eigenvalue weighted by Gasteiger charge is 2.31. The summed E-state index contributed by atoms with van der Waals surface area (Å²) in [7, 11) is -9.93. The number of aliphatic hydroxyl groups is 1. The monoisotopic (exact) mass is 1560 g/mol. The van der Waals surface area contributed by atoms with Gasteiger partial charge in [0.25, 0.3) is 0 Å². The van der Waals surface area contributed by atoms with E-state index in [4.69, 9.17) is 37.0 Å². The minimum absolute atomic E-state index is 0.108. The van der Waals surface area contributed by atoms with Gasteiger partial charge in [-0.2, -0.15) is 0 Å². The lowest BCUT2D eigenvalue weighted by Gasteiger charge is -2.21. The maximum atomic E-state index is 13.2. The largest absolute Gasteiger partial charge is 0.472 e. The lowest BCUT2D eigenvalue weighted by Crippen LogP contribution is -2.30. The minimum Gasteiger partial charge on any atom is -0.462 e. The zero-order chi connectivity index (χ0) is 78.5. The molecule has 0 bridgehead atoms. The summed E-state index contributed by atoms with van der Waals surface area (Å²) in [5.41, 5.74) is 0. The van der Waals surface area contributed by atoms with Gasteiger partial charge in [0.1, 0.15) is 19.3 Å². The zero-order valence-corrected chi connectivity index (χ0v) is 72.2. The lowest BCUT2D eigenvalue weighted by molar-refractivity contribution is -0.161. The van der Waals surface area contributed by atoms with Crippen molar-refractivity contribution >= 4 is 39.5 Å². The molecule has 0 fully saturated rings. The topological polar surface area (TPSA) is 237 Å². The summed E-state index contributed by atoms with van der Waals surface area (Å²) in [6, 6.07) is 0. The molecule has 0 rings (SSSR count). The molecular formula is C88H172O17P2. The summed E-state index contributed by atoms with van der Waals surface area (Å²) in [6.45, 7) is 9.78. The Morgan fingerprint density at radius 2 is 0.477 bits per heavy atom. The Kier molecular flexibility index (Phi) is 77.9. The van der Waals surface area contributed by atoms with E-state index in [-0.39, 0.29) is 25.7 Å². The first-order chi connectivity index (χ1) is 51.9. The van der Waals surface area contributed by atoms with Gasteiger partial charge in [0.2, 0.25) is 0 Å². The third-order valence-electron chi connectivity index (χ3n) is 21.1. The van der Waals surface area contributed by atoms with Crippen LogP contribution in [0, 0.1) is 11.8 Å². The van der Waals surface area contributed by atoms with Gasteiger partial charge >= 0.3 is 39.5 Å². The van der Waals surface area contributed by atoms with Crippen molar-refractivity contribution in [3.8, 4) is 0 Å². The average Bonchev–Trinajstić information content (AvgIpc) is 0.904. The number of ether oxygens (including phenoxy) is 4. The Bertz CT molecular complexity index is 2050. The van der Waals surface area contributed by atoms with Gasteiger partial charge in [-0.05, 0) is 37.5 Å². The van der Waals surface area contributed by atoms with Crippen molar-refractivity contribution in [2.45, 2.75) is 490 Å². The molecule has 0 aromatic rings. The summed E-state index contributed by atoms with van der Waals surface area (Å²) < 4.78 is 68.9. The normalized spacial score (nSPS) is 14.0. The Hall–Kier alpha value is -1.94. The number of hydrogen-bond donors (Lipinski definition) is 3. The van der Waals surface area contributed by atoms with Crippen molar-refractivity contribution in [1.82, 2.24) is 0 Å². The van der Waals surface area contributed by atoms with E-state index in [2.05, 4.69) is 41.5 Å². The molecule has 0 aliphatic rings. The molecule has 3 N–H and O–H groups in total. The van der Waals surface area contributed by atoms with Crippen LogP contribution in [0.5, 0.6) is 0 Å². The average molecular weight is 1560 g/mol. The molecule has 0 spiro atoms. The van der Waals surface area contributed by atoms with Crippen molar-refractivity contribution in [3.05, 3.63) is 0 Å². The smallest absolute Gasteiger partial charge is 0.462 e. The molecule has 0 saturated heterocycles. The van der Waals surface area contributed by atoms with Crippen molar-refractivity contribution in [1.29, 1.82) is 0 Å². The first-order valence-corrected chi connectivity index (χ1v) is 48.5. The third-order valence-corrected chi connectivity index (χ3v) is 23.0. The molecule has 0 aliphatic heterocycles. The molecular weight excluding hydrogens is 1390 g/mol. The summed E-state index contributed by atoms with van der Waals surface area (Å²) in [4.78, 5) is 73.2.